The number of amides is 2. The van der Waals surface area contributed by atoms with E-state index in [1.807, 2.05) is 38.1 Å². The number of methoxy groups -OCH3 is 1. The summed E-state index contributed by atoms with van der Waals surface area (Å²) in [6.07, 6.45) is 2.07. The van der Waals surface area contributed by atoms with Gasteiger partial charge in [0.05, 0.1) is 19.1 Å². The molecule has 0 heterocycles. The van der Waals surface area contributed by atoms with Crippen LogP contribution in [0.25, 0.3) is 0 Å². The number of hydrogen-bond acceptors (Lipinski definition) is 5. The predicted molar refractivity (Wildman–Crippen MR) is 130 cm³/mol. The molecule has 0 fully saturated rings. The summed E-state index contributed by atoms with van der Waals surface area (Å²) in [4.78, 5) is 27.6. The number of ether oxygens (including phenoxy) is 1. The highest BCUT2D eigenvalue weighted by Gasteiger charge is 2.31. The molecule has 2 rings (SSSR count). The first-order chi connectivity index (χ1) is 15.7. The Bertz CT molecular complexity index is 1050. The molecule has 0 bridgehead atoms. The third-order valence-electron chi connectivity index (χ3n) is 5.46. The minimum Gasteiger partial charge on any atom is -0.497 e. The van der Waals surface area contributed by atoms with Crippen LogP contribution in [0, 0.1) is 0 Å². The van der Waals surface area contributed by atoms with E-state index in [1.54, 1.807) is 31.4 Å². The summed E-state index contributed by atoms with van der Waals surface area (Å²) in [5.41, 5.74) is 2.08. The van der Waals surface area contributed by atoms with E-state index in [-0.39, 0.29) is 12.5 Å². The highest BCUT2D eigenvalue weighted by atomic mass is 32.2. The number of nitrogens with one attached hydrogen (secondary N) is 1. The molecular formula is C24H33N3O5S. The van der Waals surface area contributed by atoms with Crippen LogP contribution in [-0.2, 0) is 32.6 Å². The number of aryl methyl sites for hydroxylation is 1. The van der Waals surface area contributed by atoms with E-state index in [0.717, 1.165) is 21.7 Å². The summed E-state index contributed by atoms with van der Waals surface area (Å²) in [6.45, 7) is 3.49. The molecule has 0 aromatic heterocycles. The Balaban J connectivity index is 2.45. The second-order valence-corrected chi connectivity index (χ2v) is 9.57. The molecule has 2 aromatic rings. The van der Waals surface area contributed by atoms with Crippen molar-refractivity contribution in [3.63, 3.8) is 0 Å². The van der Waals surface area contributed by atoms with Gasteiger partial charge in [-0.1, -0.05) is 44.2 Å². The number of anilines is 1. The fraction of sp³-hybridized carbons (Fsp3) is 0.417. The van der Waals surface area contributed by atoms with Crippen LogP contribution in [0.4, 0.5) is 5.69 Å². The topological polar surface area (TPSA) is 96.0 Å². The van der Waals surface area contributed by atoms with Crippen molar-refractivity contribution in [1.29, 1.82) is 0 Å². The van der Waals surface area contributed by atoms with Crippen molar-refractivity contribution in [3.05, 3.63) is 59.7 Å². The smallest absolute Gasteiger partial charge is 0.244 e. The lowest BCUT2D eigenvalue weighted by Crippen LogP contribution is -2.51. The van der Waals surface area contributed by atoms with Crippen molar-refractivity contribution < 1.29 is 22.7 Å². The molecule has 9 heteroatoms. The number of carbonyl (C=O) groups excluding carboxylic acids is 2. The van der Waals surface area contributed by atoms with E-state index >= 15 is 0 Å². The van der Waals surface area contributed by atoms with Gasteiger partial charge in [0.15, 0.2) is 0 Å². The van der Waals surface area contributed by atoms with Gasteiger partial charge in [-0.15, -0.1) is 0 Å². The van der Waals surface area contributed by atoms with Crippen LogP contribution in [0.2, 0.25) is 0 Å². The Hall–Kier alpha value is -3.07. The van der Waals surface area contributed by atoms with Gasteiger partial charge >= 0.3 is 0 Å². The predicted octanol–water partition coefficient (Wildman–Crippen LogP) is 2.58. The normalized spacial score (nSPS) is 12.0. The SMILES string of the molecule is CCc1ccccc1N(CC(=O)N(Cc1ccc(OC)cc1)[C@H](CC)C(=O)NC)S(C)(=O)=O. The first-order valence-corrected chi connectivity index (χ1v) is 12.7. The molecule has 1 N–H and O–H groups in total. The lowest BCUT2D eigenvalue weighted by Gasteiger charge is -2.33. The average molecular weight is 476 g/mol. The molecular weight excluding hydrogens is 442 g/mol. The number of rotatable bonds is 11. The number of carbonyl (C=O) groups is 2. The molecule has 0 saturated carbocycles. The standard InChI is InChI=1S/C24H33N3O5S/c1-6-19-10-8-9-11-22(19)27(33(5,30)31)17-23(28)26(21(7-2)24(29)25-3)16-18-12-14-20(32-4)15-13-18/h8-15,21H,6-7,16-17H2,1-5H3,(H,25,29)/t21-/m1/s1. The van der Waals surface area contributed by atoms with Crippen molar-refractivity contribution in [1.82, 2.24) is 10.2 Å². The zero-order chi connectivity index (χ0) is 24.6. The highest BCUT2D eigenvalue weighted by Crippen LogP contribution is 2.24. The molecule has 2 aromatic carbocycles. The molecule has 1 atom stereocenters. The van der Waals surface area contributed by atoms with Gasteiger partial charge in [0.1, 0.15) is 18.3 Å². The van der Waals surface area contributed by atoms with E-state index in [4.69, 9.17) is 4.74 Å². The lowest BCUT2D eigenvalue weighted by molar-refractivity contribution is -0.140. The van der Waals surface area contributed by atoms with Gasteiger partial charge in [-0.3, -0.25) is 13.9 Å². The van der Waals surface area contributed by atoms with Crippen LogP contribution in [0.5, 0.6) is 5.75 Å². The van der Waals surface area contributed by atoms with Crippen LogP contribution in [0.15, 0.2) is 48.5 Å². The molecule has 0 aliphatic rings. The molecule has 0 aliphatic carbocycles. The molecule has 0 aliphatic heterocycles. The summed E-state index contributed by atoms with van der Waals surface area (Å²) in [7, 11) is -0.668. The molecule has 2 amide bonds. The van der Waals surface area contributed by atoms with Gasteiger partial charge < -0.3 is 15.0 Å². The minimum atomic E-state index is -3.75. The highest BCUT2D eigenvalue weighted by molar-refractivity contribution is 7.92. The molecule has 180 valence electrons. The maximum absolute atomic E-state index is 13.5. The zero-order valence-corrected chi connectivity index (χ0v) is 20.7. The Morgan fingerprint density at radius 2 is 1.70 bits per heavy atom. The monoisotopic (exact) mass is 475 g/mol. The first kappa shape index (κ1) is 26.2. The third kappa shape index (κ3) is 6.71. The van der Waals surface area contributed by atoms with Gasteiger partial charge in [0.2, 0.25) is 21.8 Å². The first-order valence-electron chi connectivity index (χ1n) is 10.9. The van der Waals surface area contributed by atoms with Gasteiger partial charge in [-0.25, -0.2) is 8.42 Å². The Kier molecular flexibility index (Phi) is 9.28. The Morgan fingerprint density at radius 1 is 1.06 bits per heavy atom. The van der Waals surface area contributed by atoms with Crippen molar-refractivity contribution in [2.45, 2.75) is 39.3 Å². The van der Waals surface area contributed by atoms with E-state index in [0.29, 0.717) is 24.3 Å². The second-order valence-electron chi connectivity index (χ2n) is 7.66. The molecule has 8 nitrogen and oxygen atoms in total. The largest absolute Gasteiger partial charge is 0.497 e. The van der Waals surface area contributed by atoms with E-state index in [9.17, 15) is 18.0 Å². The number of sulfonamides is 1. The number of para-hydroxylation sites is 1. The van der Waals surface area contributed by atoms with Crippen molar-refractivity contribution in [3.8, 4) is 5.75 Å². The van der Waals surface area contributed by atoms with Crippen molar-refractivity contribution in [2.75, 3.05) is 31.3 Å². The van der Waals surface area contributed by atoms with E-state index in [1.165, 1.54) is 11.9 Å². The quantitative estimate of drug-likeness (QED) is 0.539. The zero-order valence-electron chi connectivity index (χ0n) is 19.9. The fourth-order valence-electron chi connectivity index (χ4n) is 3.66. The minimum absolute atomic E-state index is 0.155. The summed E-state index contributed by atoms with van der Waals surface area (Å²) >= 11 is 0. The number of benzene rings is 2. The van der Waals surface area contributed by atoms with Crippen LogP contribution in [-0.4, -0.2) is 58.1 Å². The van der Waals surface area contributed by atoms with Gasteiger partial charge in [-0.2, -0.15) is 0 Å². The van der Waals surface area contributed by atoms with Gasteiger partial charge in [-0.05, 0) is 42.2 Å². The van der Waals surface area contributed by atoms with Gasteiger partial charge in [0, 0.05) is 13.6 Å². The molecule has 0 unspecified atom stereocenters. The molecule has 0 spiro atoms. The number of nitrogens with zero attached hydrogens (tertiary/aromatic N) is 2. The van der Waals surface area contributed by atoms with E-state index < -0.39 is 28.5 Å². The fourth-order valence-corrected chi connectivity index (χ4v) is 4.54. The summed E-state index contributed by atoms with van der Waals surface area (Å²) in [5, 5.41) is 2.60. The number of likely N-dealkylation sites (N-methyl/N-ethyl adjacent to an activating group) is 1. The van der Waals surface area contributed by atoms with Crippen LogP contribution < -0.4 is 14.4 Å². The van der Waals surface area contributed by atoms with Gasteiger partial charge in [0.25, 0.3) is 0 Å². The van der Waals surface area contributed by atoms with Crippen LogP contribution in [0.1, 0.15) is 31.4 Å². The van der Waals surface area contributed by atoms with Crippen LogP contribution in [0.3, 0.4) is 0 Å². The Labute approximate surface area is 196 Å². The molecule has 33 heavy (non-hydrogen) atoms. The number of hydrogen-bond donors (Lipinski definition) is 1. The Morgan fingerprint density at radius 3 is 2.21 bits per heavy atom. The lowest BCUT2D eigenvalue weighted by atomic mass is 10.1. The van der Waals surface area contributed by atoms with Crippen molar-refractivity contribution >= 4 is 27.5 Å². The molecule has 0 radical (unpaired) electrons. The molecule has 0 saturated heterocycles. The third-order valence-corrected chi connectivity index (χ3v) is 6.59. The maximum Gasteiger partial charge on any atom is 0.244 e. The summed E-state index contributed by atoms with van der Waals surface area (Å²) in [6, 6.07) is 13.5. The van der Waals surface area contributed by atoms with E-state index in [2.05, 4.69) is 5.32 Å². The average Bonchev–Trinajstić information content (AvgIpc) is 2.81. The second kappa shape index (κ2) is 11.7. The summed E-state index contributed by atoms with van der Waals surface area (Å²) < 4.78 is 31.7. The van der Waals surface area contributed by atoms with Crippen LogP contribution >= 0.6 is 0 Å². The van der Waals surface area contributed by atoms with Crippen molar-refractivity contribution in [2.24, 2.45) is 0 Å². The summed E-state index contributed by atoms with van der Waals surface area (Å²) in [5.74, 6) is -0.0915. The maximum atomic E-state index is 13.5.